The normalized spacial score (nSPS) is 10.3. The maximum atomic E-state index is 12.2. The van der Waals surface area contributed by atoms with E-state index in [1.54, 1.807) is 12.1 Å². The first kappa shape index (κ1) is 14.1. The van der Waals surface area contributed by atoms with Gasteiger partial charge in [-0.2, -0.15) is 0 Å². The van der Waals surface area contributed by atoms with Gasteiger partial charge < -0.3 is 5.32 Å². The van der Waals surface area contributed by atoms with Crippen molar-refractivity contribution in [1.82, 2.24) is 0 Å². The Labute approximate surface area is 125 Å². The van der Waals surface area contributed by atoms with Crippen molar-refractivity contribution in [1.29, 1.82) is 0 Å². The van der Waals surface area contributed by atoms with Gasteiger partial charge in [0.2, 0.25) is 0 Å². The number of carbonyl (C=O) groups is 1. The summed E-state index contributed by atoms with van der Waals surface area (Å²) in [6.45, 7) is 3.94. The second-order valence-electron chi connectivity index (χ2n) is 4.45. The number of rotatable bonds is 2. The highest BCUT2D eigenvalue weighted by Gasteiger charge is 2.09. The summed E-state index contributed by atoms with van der Waals surface area (Å²) in [5.41, 5.74) is 3.35. The molecule has 0 heterocycles. The van der Waals surface area contributed by atoms with Crippen LogP contribution in [0, 0.1) is 13.8 Å². The Morgan fingerprint density at radius 1 is 1.11 bits per heavy atom. The van der Waals surface area contributed by atoms with Crippen molar-refractivity contribution in [3.8, 4) is 0 Å². The van der Waals surface area contributed by atoms with E-state index in [1.165, 1.54) is 0 Å². The van der Waals surface area contributed by atoms with Gasteiger partial charge in [-0.05, 0) is 44.2 Å². The largest absolute Gasteiger partial charge is 0.321 e. The van der Waals surface area contributed by atoms with Gasteiger partial charge >= 0.3 is 0 Å². The quantitative estimate of drug-likeness (QED) is 0.823. The Balaban J connectivity index is 2.28. The Morgan fingerprint density at radius 3 is 2.37 bits per heavy atom. The Bertz CT molecular complexity index is 620. The van der Waals surface area contributed by atoms with Crippen molar-refractivity contribution < 1.29 is 4.79 Å². The molecule has 0 atom stereocenters. The third-order valence-corrected chi connectivity index (χ3v) is 3.48. The minimum Gasteiger partial charge on any atom is -0.321 e. The molecule has 0 saturated carbocycles. The van der Waals surface area contributed by atoms with Gasteiger partial charge in [0.25, 0.3) is 5.91 Å². The molecule has 0 unspecified atom stereocenters. The van der Waals surface area contributed by atoms with E-state index in [2.05, 4.69) is 21.2 Å². The van der Waals surface area contributed by atoms with Gasteiger partial charge in [-0.3, -0.25) is 4.79 Å². The molecule has 0 aliphatic heterocycles. The number of anilines is 1. The standard InChI is InChI=1S/C15H13BrClNO/c1-9-5-10(2)7-11(6-9)15(19)18-14-8-12(16)3-4-13(14)17/h3-8H,1-2H3,(H,18,19). The number of hydrogen-bond donors (Lipinski definition) is 1. The highest BCUT2D eigenvalue weighted by molar-refractivity contribution is 9.10. The smallest absolute Gasteiger partial charge is 0.255 e. The summed E-state index contributed by atoms with van der Waals surface area (Å²) in [6.07, 6.45) is 0. The number of carbonyl (C=O) groups excluding carboxylic acids is 1. The fourth-order valence-corrected chi connectivity index (χ4v) is 2.42. The van der Waals surface area contributed by atoms with E-state index in [1.807, 2.05) is 38.1 Å². The third-order valence-electron chi connectivity index (χ3n) is 2.66. The van der Waals surface area contributed by atoms with Gasteiger partial charge in [0.1, 0.15) is 0 Å². The molecule has 0 aliphatic carbocycles. The molecule has 0 bridgehead atoms. The van der Waals surface area contributed by atoms with Gasteiger partial charge in [0.15, 0.2) is 0 Å². The SMILES string of the molecule is Cc1cc(C)cc(C(=O)Nc2cc(Br)ccc2Cl)c1. The molecule has 2 rings (SSSR count). The molecule has 98 valence electrons. The Morgan fingerprint density at radius 2 is 1.74 bits per heavy atom. The van der Waals surface area contributed by atoms with E-state index >= 15 is 0 Å². The van der Waals surface area contributed by atoms with Crippen molar-refractivity contribution in [3.63, 3.8) is 0 Å². The predicted molar refractivity (Wildman–Crippen MR) is 83.0 cm³/mol. The molecule has 2 aromatic rings. The molecule has 2 aromatic carbocycles. The van der Waals surface area contributed by atoms with Crippen LogP contribution >= 0.6 is 27.5 Å². The van der Waals surface area contributed by atoms with Crippen LogP contribution in [0.5, 0.6) is 0 Å². The monoisotopic (exact) mass is 337 g/mol. The zero-order valence-electron chi connectivity index (χ0n) is 10.6. The molecular formula is C15H13BrClNO. The number of aryl methyl sites for hydroxylation is 2. The van der Waals surface area contributed by atoms with E-state index in [-0.39, 0.29) is 5.91 Å². The van der Waals surface area contributed by atoms with Crippen LogP contribution in [-0.2, 0) is 0 Å². The summed E-state index contributed by atoms with van der Waals surface area (Å²) < 4.78 is 0.868. The van der Waals surface area contributed by atoms with Gasteiger partial charge in [-0.15, -0.1) is 0 Å². The predicted octanol–water partition coefficient (Wildman–Crippen LogP) is 4.97. The van der Waals surface area contributed by atoms with Crippen molar-refractivity contribution in [2.75, 3.05) is 5.32 Å². The van der Waals surface area contributed by atoms with Crippen molar-refractivity contribution >= 4 is 39.1 Å². The van der Waals surface area contributed by atoms with Crippen molar-refractivity contribution in [3.05, 3.63) is 62.6 Å². The zero-order valence-corrected chi connectivity index (χ0v) is 13.0. The fraction of sp³-hybridized carbons (Fsp3) is 0.133. The van der Waals surface area contributed by atoms with E-state index < -0.39 is 0 Å². The summed E-state index contributed by atoms with van der Waals surface area (Å²) in [4.78, 5) is 12.2. The lowest BCUT2D eigenvalue weighted by Gasteiger charge is -2.09. The molecule has 0 radical (unpaired) electrons. The second kappa shape index (κ2) is 5.76. The summed E-state index contributed by atoms with van der Waals surface area (Å²) in [6, 6.07) is 11.1. The number of nitrogens with one attached hydrogen (secondary N) is 1. The maximum absolute atomic E-state index is 12.2. The van der Waals surface area contributed by atoms with E-state index in [4.69, 9.17) is 11.6 Å². The van der Waals surface area contributed by atoms with E-state index in [9.17, 15) is 4.79 Å². The average molecular weight is 339 g/mol. The highest BCUT2D eigenvalue weighted by atomic mass is 79.9. The van der Waals surface area contributed by atoms with Crippen LogP contribution in [0.25, 0.3) is 0 Å². The van der Waals surface area contributed by atoms with Gasteiger partial charge in [-0.1, -0.05) is 44.7 Å². The van der Waals surface area contributed by atoms with Crippen LogP contribution in [0.3, 0.4) is 0 Å². The molecule has 19 heavy (non-hydrogen) atoms. The topological polar surface area (TPSA) is 29.1 Å². The number of benzene rings is 2. The van der Waals surface area contributed by atoms with Crippen molar-refractivity contribution in [2.45, 2.75) is 13.8 Å². The molecule has 0 aromatic heterocycles. The molecule has 1 amide bonds. The summed E-state index contributed by atoms with van der Waals surface area (Å²) in [7, 11) is 0. The fourth-order valence-electron chi connectivity index (χ4n) is 1.89. The lowest BCUT2D eigenvalue weighted by molar-refractivity contribution is 0.102. The number of amides is 1. The van der Waals surface area contributed by atoms with Crippen molar-refractivity contribution in [2.24, 2.45) is 0 Å². The molecule has 4 heteroatoms. The van der Waals surface area contributed by atoms with Crippen LogP contribution in [-0.4, -0.2) is 5.91 Å². The molecule has 1 N–H and O–H groups in total. The first-order valence-corrected chi connectivity index (χ1v) is 6.97. The van der Waals surface area contributed by atoms with E-state index in [0.717, 1.165) is 15.6 Å². The summed E-state index contributed by atoms with van der Waals surface area (Å²) in [5.74, 6) is -0.160. The Hall–Kier alpha value is -1.32. The average Bonchev–Trinajstić information content (AvgIpc) is 2.32. The minimum atomic E-state index is -0.160. The van der Waals surface area contributed by atoms with Gasteiger partial charge in [0.05, 0.1) is 10.7 Å². The van der Waals surface area contributed by atoms with Crippen LogP contribution < -0.4 is 5.32 Å². The summed E-state index contributed by atoms with van der Waals surface area (Å²) >= 11 is 9.41. The first-order chi connectivity index (χ1) is 8.95. The number of hydrogen-bond acceptors (Lipinski definition) is 1. The number of halogens is 2. The van der Waals surface area contributed by atoms with Crippen LogP contribution in [0.2, 0.25) is 5.02 Å². The Kier molecular flexibility index (Phi) is 4.27. The lowest BCUT2D eigenvalue weighted by Crippen LogP contribution is -2.12. The van der Waals surface area contributed by atoms with Crippen LogP contribution in [0.15, 0.2) is 40.9 Å². The maximum Gasteiger partial charge on any atom is 0.255 e. The summed E-state index contributed by atoms with van der Waals surface area (Å²) in [5, 5.41) is 3.34. The molecule has 0 aliphatic rings. The van der Waals surface area contributed by atoms with Gasteiger partial charge in [0, 0.05) is 10.0 Å². The van der Waals surface area contributed by atoms with Gasteiger partial charge in [-0.25, -0.2) is 0 Å². The van der Waals surface area contributed by atoms with Crippen LogP contribution in [0.1, 0.15) is 21.5 Å². The van der Waals surface area contributed by atoms with Crippen LogP contribution in [0.4, 0.5) is 5.69 Å². The zero-order chi connectivity index (χ0) is 14.0. The second-order valence-corrected chi connectivity index (χ2v) is 5.78. The lowest BCUT2D eigenvalue weighted by atomic mass is 10.1. The van der Waals surface area contributed by atoms with E-state index in [0.29, 0.717) is 16.3 Å². The minimum absolute atomic E-state index is 0.160. The third kappa shape index (κ3) is 3.58. The highest BCUT2D eigenvalue weighted by Crippen LogP contribution is 2.26. The molecule has 0 saturated heterocycles. The molecule has 2 nitrogen and oxygen atoms in total. The molecule has 0 fully saturated rings. The molecule has 0 spiro atoms. The first-order valence-electron chi connectivity index (χ1n) is 5.80. The molecular weight excluding hydrogens is 326 g/mol.